The molecular weight excluding hydrogens is 172 g/mol. The van der Waals surface area contributed by atoms with Gasteiger partial charge in [0.25, 0.3) is 0 Å². The first-order valence-corrected chi connectivity index (χ1v) is 4.75. The highest BCUT2D eigenvalue weighted by Crippen LogP contribution is 1.99. The van der Waals surface area contributed by atoms with Crippen LogP contribution >= 0.6 is 12.6 Å². The largest absolute Gasteiger partial charge is 0.462 e. The molecule has 0 saturated carbocycles. The maximum atomic E-state index is 10.8. The topological polar surface area (TPSA) is 26.3 Å². The third kappa shape index (κ3) is 6.28. The minimum absolute atomic E-state index is 0.291. The van der Waals surface area contributed by atoms with E-state index in [4.69, 9.17) is 4.74 Å². The van der Waals surface area contributed by atoms with Crippen LogP contribution in [0.4, 0.5) is 0 Å². The molecule has 70 valence electrons. The van der Waals surface area contributed by atoms with Crippen molar-refractivity contribution < 1.29 is 9.53 Å². The van der Waals surface area contributed by atoms with Crippen LogP contribution in [0.25, 0.3) is 0 Å². The second-order valence-electron chi connectivity index (χ2n) is 2.70. The maximum absolute atomic E-state index is 10.8. The molecule has 3 heteroatoms. The zero-order chi connectivity index (χ0) is 9.40. The molecule has 0 N–H and O–H groups in total. The second kappa shape index (κ2) is 7.22. The van der Waals surface area contributed by atoms with Crippen LogP contribution in [0.15, 0.2) is 12.2 Å². The molecule has 0 spiro atoms. The molecule has 0 heterocycles. The van der Waals surface area contributed by atoms with Gasteiger partial charge < -0.3 is 4.74 Å². The highest BCUT2D eigenvalue weighted by molar-refractivity contribution is 7.80. The first-order valence-electron chi connectivity index (χ1n) is 4.12. The van der Waals surface area contributed by atoms with Gasteiger partial charge in [-0.05, 0) is 31.9 Å². The molecule has 2 nitrogen and oxygen atoms in total. The molecule has 0 aliphatic heterocycles. The van der Waals surface area contributed by atoms with Crippen molar-refractivity contribution in [1.29, 1.82) is 0 Å². The molecule has 0 aromatic carbocycles. The second-order valence-corrected chi connectivity index (χ2v) is 3.15. The molecule has 0 unspecified atom stereocenters. The van der Waals surface area contributed by atoms with E-state index in [1.54, 1.807) is 6.92 Å². The van der Waals surface area contributed by atoms with Crippen molar-refractivity contribution in [1.82, 2.24) is 0 Å². The summed E-state index contributed by atoms with van der Waals surface area (Å²) < 4.78 is 4.89. The summed E-state index contributed by atoms with van der Waals surface area (Å²) >= 11 is 4.07. The van der Waals surface area contributed by atoms with Crippen molar-refractivity contribution in [3.8, 4) is 0 Å². The van der Waals surface area contributed by atoms with E-state index in [1.807, 2.05) is 0 Å². The van der Waals surface area contributed by atoms with E-state index in [0.717, 1.165) is 25.0 Å². The Balaban J connectivity index is 3.20. The Morgan fingerprint density at radius 1 is 1.42 bits per heavy atom. The molecule has 0 saturated heterocycles. The lowest BCUT2D eigenvalue weighted by molar-refractivity contribution is -0.139. The molecule has 12 heavy (non-hydrogen) atoms. The zero-order valence-corrected chi connectivity index (χ0v) is 8.40. The molecule has 0 rings (SSSR count). The average Bonchev–Trinajstić information content (AvgIpc) is 2.03. The molecule has 0 radical (unpaired) electrons. The van der Waals surface area contributed by atoms with Gasteiger partial charge in [-0.25, -0.2) is 4.79 Å². The molecule has 0 aliphatic rings. The Morgan fingerprint density at radius 3 is 2.58 bits per heavy atom. The van der Waals surface area contributed by atoms with Gasteiger partial charge in [-0.1, -0.05) is 6.58 Å². The number of esters is 1. The first kappa shape index (κ1) is 11.6. The lowest BCUT2D eigenvalue weighted by Crippen LogP contribution is -2.06. The quantitative estimate of drug-likeness (QED) is 0.299. The van der Waals surface area contributed by atoms with Gasteiger partial charge in [-0.2, -0.15) is 12.6 Å². The van der Waals surface area contributed by atoms with E-state index in [9.17, 15) is 4.79 Å². The summed E-state index contributed by atoms with van der Waals surface area (Å²) in [5, 5.41) is 0. The van der Waals surface area contributed by atoms with Crippen LogP contribution in [0.5, 0.6) is 0 Å². The van der Waals surface area contributed by atoms with E-state index in [2.05, 4.69) is 19.2 Å². The van der Waals surface area contributed by atoms with Crippen molar-refractivity contribution >= 4 is 18.6 Å². The standard InChI is InChI=1S/C9H16O2S/c1-8(2)9(10)11-6-4-3-5-7-12/h12H,1,3-7H2,2H3. The molecule has 0 aliphatic carbocycles. The van der Waals surface area contributed by atoms with Crippen LogP contribution in [0.3, 0.4) is 0 Å². The van der Waals surface area contributed by atoms with Crippen molar-refractivity contribution in [2.75, 3.05) is 12.4 Å². The molecular formula is C9H16O2S. The zero-order valence-electron chi connectivity index (χ0n) is 7.51. The third-order valence-corrected chi connectivity index (χ3v) is 1.70. The van der Waals surface area contributed by atoms with Gasteiger partial charge >= 0.3 is 5.97 Å². The summed E-state index contributed by atoms with van der Waals surface area (Å²) in [5.74, 6) is 0.606. The molecule has 0 amide bonds. The number of carbonyl (C=O) groups is 1. The van der Waals surface area contributed by atoms with Crippen molar-refractivity contribution in [2.45, 2.75) is 26.2 Å². The van der Waals surface area contributed by atoms with Gasteiger partial charge in [0.1, 0.15) is 0 Å². The first-order chi connectivity index (χ1) is 5.68. The predicted molar refractivity (Wildman–Crippen MR) is 53.5 cm³/mol. The Morgan fingerprint density at radius 2 is 2.08 bits per heavy atom. The van der Waals surface area contributed by atoms with Gasteiger partial charge in [-0.3, -0.25) is 0 Å². The van der Waals surface area contributed by atoms with E-state index < -0.39 is 0 Å². The van der Waals surface area contributed by atoms with Gasteiger partial charge in [0.05, 0.1) is 6.61 Å². The maximum Gasteiger partial charge on any atom is 0.333 e. The van der Waals surface area contributed by atoms with Crippen LogP contribution in [0.2, 0.25) is 0 Å². The number of hydrogen-bond donors (Lipinski definition) is 1. The number of ether oxygens (including phenoxy) is 1. The highest BCUT2D eigenvalue weighted by Gasteiger charge is 2.01. The predicted octanol–water partition coefficient (Wildman–Crippen LogP) is 2.21. The summed E-state index contributed by atoms with van der Waals surface area (Å²) in [7, 11) is 0. The number of carbonyl (C=O) groups excluding carboxylic acids is 1. The van der Waals surface area contributed by atoms with Gasteiger partial charge in [0, 0.05) is 5.57 Å². The van der Waals surface area contributed by atoms with Crippen LogP contribution < -0.4 is 0 Å². The minimum atomic E-state index is -0.291. The Kier molecular flexibility index (Phi) is 6.96. The lowest BCUT2D eigenvalue weighted by atomic mass is 10.3. The van der Waals surface area contributed by atoms with Gasteiger partial charge in [0.2, 0.25) is 0 Å². The Hall–Kier alpha value is -0.440. The highest BCUT2D eigenvalue weighted by atomic mass is 32.1. The fourth-order valence-electron chi connectivity index (χ4n) is 0.679. The summed E-state index contributed by atoms with van der Waals surface area (Å²) in [6.07, 6.45) is 3.06. The van der Waals surface area contributed by atoms with Crippen LogP contribution in [-0.4, -0.2) is 18.3 Å². The number of thiol groups is 1. The van der Waals surface area contributed by atoms with E-state index in [0.29, 0.717) is 12.2 Å². The molecule has 0 bridgehead atoms. The summed E-state index contributed by atoms with van der Waals surface area (Å²) in [5.41, 5.74) is 0.462. The fraction of sp³-hybridized carbons (Fsp3) is 0.667. The summed E-state index contributed by atoms with van der Waals surface area (Å²) in [6.45, 7) is 5.63. The number of rotatable bonds is 6. The SMILES string of the molecule is C=C(C)C(=O)OCCCCCS. The average molecular weight is 188 g/mol. The van der Waals surface area contributed by atoms with Crippen molar-refractivity contribution in [2.24, 2.45) is 0 Å². The van der Waals surface area contributed by atoms with Crippen molar-refractivity contribution in [3.63, 3.8) is 0 Å². The monoisotopic (exact) mass is 188 g/mol. The summed E-state index contributed by atoms with van der Waals surface area (Å²) in [6, 6.07) is 0. The third-order valence-electron chi connectivity index (χ3n) is 1.38. The van der Waals surface area contributed by atoms with Crippen molar-refractivity contribution in [3.05, 3.63) is 12.2 Å². The molecule has 0 aromatic heterocycles. The van der Waals surface area contributed by atoms with Crippen LogP contribution in [-0.2, 0) is 9.53 Å². The smallest absolute Gasteiger partial charge is 0.333 e. The van der Waals surface area contributed by atoms with Crippen LogP contribution in [0.1, 0.15) is 26.2 Å². The number of unbranched alkanes of at least 4 members (excludes halogenated alkanes) is 2. The normalized spacial score (nSPS) is 9.50. The Bertz CT molecular complexity index is 155. The molecule has 0 aromatic rings. The Labute approximate surface area is 79.4 Å². The van der Waals surface area contributed by atoms with Gasteiger partial charge in [0.15, 0.2) is 0 Å². The van der Waals surface area contributed by atoms with E-state index in [-0.39, 0.29) is 5.97 Å². The van der Waals surface area contributed by atoms with Gasteiger partial charge in [-0.15, -0.1) is 0 Å². The lowest BCUT2D eigenvalue weighted by Gasteiger charge is -2.02. The fourth-order valence-corrected chi connectivity index (χ4v) is 0.902. The minimum Gasteiger partial charge on any atom is -0.462 e. The summed E-state index contributed by atoms with van der Waals surface area (Å²) in [4.78, 5) is 10.8. The van der Waals surface area contributed by atoms with E-state index in [1.165, 1.54) is 0 Å². The number of hydrogen-bond acceptors (Lipinski definition) is 3. The molecule has 0 atom stereocenters. The molecule has 0 fully saturated rings. The van der Waals surface area contributed by atoms with E-state index >= 15 is 0 Å². The van der Waals surface area contributed by atoms with Crippen LogP contribution in [0, 0.1) is 0 Å².